The average molecular weight is 255 g/mol. The van der Waals surface area contributed by atoms with Crippen LogP contribution in [0.5, 0.6) is 0 Å². The third kappa shape index (κ3) is 2.67. The molecule has 13 heavy (non-hydrogen) atoms. The second kappa shape index (κ2) is 3.63. The first-order chi connectivity index (χ1) is 5.91. The van der Waals surface area contributed by atoms with E-state index in [9.17, 15) is 13.2 Å². The molecular formula is C7H6BrF3N2. The van der Waals surface area contributed by atoms with Crippen LogP contribution in [0.1, 0.15) is 11.6 Å². The summed E-state index contributed by atoms with van der Waals surface area (Å²) in [6.07, 6.45) is -3.15. The molecule has 1 rings (SSSR count). The van der Waals surface area contributed by atoms with Gasteiger partial charge in [0.25, 0.3) is 0 Å². The van der Waals surface area contributed by atoms with E-state index in [1.54, 1.807) is 0 Å². The third-order valence-electron chi connectivity index (χ3n) is 1.46. The van der Waals surface area contributed by atoms with Crippen molar-refractivity contribution in [2.24, 2.45) is 5.73 Å². The Hall–Kier alpha value is -0.620. The van der Waals surface area contributed by atoms with Gasteiger partial charge in [-0.05, 0) is 33.6 Å². The van der Waals surface area contributed by atoms with Crippen molar-refractivity contribution >= 4 is 15.9 Å². The Kier molecular flexibility index (Phi) is 2.92. The lowest BCUT2D eigenvalue weighted by atomic mass is 10.1. The summed E-state index contributed by atoms with van der Waals surface area (Å²) in [6, 6.07) is 0.535. The third-order valence-corrected chi connectivity index (χ3v) is 1.90. The summed E-state index contributed by atoms with van der Waals surface area (Å²) in [5, 5.41) is 0. The summed E-state index contributed by atoms with van der Waals surface area (Å²) in [4.78, 5) is 3.70. The van der Waals surface area contributed by atoms with Gasteiger partial charge in [-0.3, -0.25) is 0 Å². The highest BCUT2D eigenvalue weighted by atomic mass is 79.9. The van der Waals surface area contributed by atoms with E-state index in [1.165, 1.54) is 18.3 Å². The van der Waals surface area contributed by atoms with E-state index in [0.29, 0.717) is 4.60 Å². The van der Waals surface area contributed by atoms with Crippen molar-refractivity contribution in [3.8, 4) is 0 Å². The molecule has 0 amide bonds. The molecule has 1 heterocycles. The van der Waals surface area contributed by atoms with Crippen molar-refractivity contribution in [3.05, 3.63) is 28.5 Å². The Bertz CT molecular complexity index is 300. The van der Waals surface area contributed by atoms with Gasteiger partial charge in [-0.1, -0.05) is 0 Å². The average Bonchev–Trinajstić information content (AvgIpc) is 2.01. The summed E-state index contributed by atoms with van der Waals surface area (Å²) in [5.41, 5.74) is 4.96. The molecule has 0 saturated carbocycles. The van der Waals surface area contributed by atoms with Gasteiger partial charge in [-0.25, -0.2) is 4.98 Å². The van der Waals surface area contributed by atoms with E-state index in [0.717, 1.165) is 0 Å². The number of halogens is 4. The van der Waals surface area contributed by atoms with Crippen LogP contribution in [0.15, 0.2) is 22.9 Å². The summed E-state index contributed by atoms with van der Waals surface area (Å²) >= 11 is 2.96. The molecule has 1 aromatic rings. The van der Waals surface area contributed by atoms with E-state index in [2.05, 4.69) is 20.9 Å². The Labute approximate surface area is 81.1 Å². The lowest BCUT2D eigenvalue weighted by Gasteiger charge is -2.15. The van der Waals surface area contributed by atoms with Crippen LogP contribution in [0.25, 0.3) is 0 Å². The van der Waals surface area contributed by atoms with Crippen molar-refractivity contribution in [1.29, 1.82) is 0 Å². The minimum absolute atomic E-state index is 0.00521. The maximum atomic E-state index is 12.1. The first-order valence-electron chi connectivity index (χ1n) is 3.35. The van der Waals surface area contributed by atoms with Gasteiger partial charge in [0, 0.05) is 6.20 Å². The quantitative estimate of drug-likeness (QED) is 0.782. The van der Waals surface area contributed by atoms with Crippen LogP contribution >= 0.6 is 15.9 Å². The van der Waals surface area contributed by atoms with Crippen LogP contribution in [0.2, 0.25) is 0 Å². The summed E-state index contributed by atoms with van der Waals surface area (Å²) in [7, 11) is 0. The molecular weight excluding hydrogens is 249 g/mol. The van der Waals surface area contributed by atoms with Crippen molar-refractivity contribution in [3.63, 3.8) is 0 Å². The van der Waals surface area contributed by atoms with E-state index in [4.69, 9.17) is 5.73 Å². The maximum Gasteiger partial charge on any atom is 0.407 e. The number of hydrogen-bond acceptors (Lipinski definition) is 2. The molecule has 0 aliphatic rings. The number of alkyl halides is 3. The number of rotatable bonds is 1. The number of nitrogens with zero attached hydrogens (tertiary/aromatic N) is 1. The highest BCUT2D eigenvalue weighted by molar-refractivity contribution is 9.10. The second-order valence-electron chi connectivity index (χ2n) is 2.43. The van der Waals surface area contributed by atoms with Crippen LogP contribution in [0.3, 0.4) is 0 Å². The Morgan fingerprint density at radius 2 is 2.08 bits per heavy atom. The zero-order valence-electron chi connectivity index (χ0n) is 6.35. The fourth-order valence-corrected chi connectivity index (χ4v) is 1.18. The minimum atomic E-state index is -4.42. The molecule has 0 aliphatic carbocycles. The van der Waals surface area contributed by atoms with Crippen molar-refractivity contribution in [2.45, 2.75) is 12.2 Å². The first kappa shape index (κ1) is 10.5. The van der Waals surface area contributed by atoms with E-state index in [1.807, 2.05) is 0 Å². The molecule has 1 atom stereocenters. The van der Waals surface area contributed by atoms with Crippen LogP contribution in [-0.4, -0.2) is 11.2 Å². The second-order valence-corrected chi connectivity index (χ2v) is 3.24. The minimum Gasteiger partial charge on any atom is -0.316 e. The molecule has 2 N–H and O–H groups in total. The fraction of sp³-hybridized carbons (Fsp3) is 0.286. The summed E-state index contributed by atoms with van der Waals surface area (Å²) in [5.74, 6) is 0. The number of aromatic nitrogens is 1. The predicted octanol–water partition coefficient (Wildman–Crippen LogP) is 2.41. The van der Waals surface area contributed by atoms with Gasteiger partial charge in [-0.2, -0.15) is 13.2 Å². The van der Waals surface area contributed by atoms with Gasteiger partial charge < -0.3 is 5.73 Å². The molecule has 6 heteroatoms. The standard InChI is InChI=1S/C7H6BrF3N2/c8-5-3-4(1-2-13-5)6(12)7(9,10)11/h1-3,6H,12H2/t6-/m1/s1. The molecule has 0 spiro atoms. The zero-order valence-corrected chi connectivity index (χ0v) is 7.93. The molecule has 0 bridgehead atoms. The SMILES string of the molecule is N[C@H](c1ccnc(Br)c1)C(F)(F)F. The highest BCUT2D eigenvalue weighted by Gasteiger charge is 2.37. The summed E-state index contributed by atoms with van der Waals surface area (Å²) < 4.78 is 36.7. The van der Waals surface area contributed by atoms with E-state index < -0.39 is 12.2 Å². The van der Waals surface area contributed by atoms with Gasteiger partial charge in [-0.15, -0.1) is 0 Å². The van der Waals surface area contributed by atoms with E-state index in [-0.39, 0.29) is 5.56 Å². The Morgan fingerprint density at radius 3 is 2.54 bits per heavy atom. The smallest absolute Gasteiger partial charge is 0.316 e. The lowest BCUT2D eigenvalue weighted by molar-refractivity contribution is -0.149. The van der Waals surface area contributed by atoms with Crippen LogP contribution < -0.4 is 5.73 Å². The molecule has 2 nitrogen and oxygen atoms in total. The number of pyridine rings is 1. The van der Waals surface area contributed by atoms with Crippen LogP contribution in [0, 0.1) is 0 Å². The lowest BCUT2D eigenvalue weighted by Crippen LogP contribution is -2.28. The van der Waals surface area contributed by atoms with Gasteiger partial charge in [0.05, 0.1) is 0 Å². The number of nitrogens with two attached hydrogens (primary N) is 1. The molecule has 0 aromatic carbocycles. The first-order valence-corrected chi connectivity index (χ1v) is 4.14. The Morgan fingerprint density at radius 1 is 1.46 bits per heavy atom. The molecule has 0 radical (unpaired) electrons. The number of hydrogen-bond donors (Lipinski definition) is 1. The van der Waals surface area contributed by atoms with Gasteiger partial charge in [0.15, 0.2) is 0 Å². The monoisotopic (exact) mass is 254 g/mol. The molecule has 0 fully saturated rings. The zero-order chi connectivity index (χ0) is 10.1. The molecule has 0 aliphatic heterocycles. The van der Waals surface area contributed by atoms with Crippen molar-refractivity contribution in [2.75, 3.05) is 0 Å². The van der Waals surface area contributed by atoms with Crippen LogP contribution in [-0.2, 0) is 0 Å². The highest BCUT2D eigenvalue weighted by Crippen LogP contribution is 2.30. The van der Waals surface area contributed by atoms with E-state index >= 15 is 0 Å². The molecule has 1 aromatic heterocycles. The fourth-order valence-electron chi connectivity index (χ4n) is 0.800. The Balaban J connectivity index is 2.96. The molecule has 72 valence electrons. The van der Waals surface area contributed by atoms with Gasteiger partial charge >= 0.3 is 6.18 Å². The maximum absolute atomic E-state index is 12.1. The van der Waals surface area contributed by atoms with Gasteiger partial charge in [0.2, 0.25) is 0 Å². The molecule has 0 saturated heterocycles. The van der Waals surface area contributed by atoms with Gasteiger partial charge in [0.1, 0.15) is 10.6 Å². The van der Waals surface area contributed by atoms with Crippen LogP contribution in [0.4, 0.5) is 13.2 Å². The largest absolute Gasteiger partial charge is 0.407 e. The van der Waals surface area contributed by atoms with Crippen molar-refractivity contribution in [1.82, 2.24) is 4.98 Å². The topological polar surface area (TPSA) is 38.9 Å². The summed E-state index contributed by atoms with van der Waals surface area (Å²) in [6.45, 7) is 0. The normalized spacial score (nSPS) is 14.2. The van der Waals surface area contributed by atoms with Crippen molar-refractivity contribution < 1.29 is 13.2 Å². The molecule has 0 unspecified atom stereocenters. The predicted molar refractivity (Wildman–Crippen MR) is 44.9 cm³/mol.